The fraction of sp³-hybridized carbons (Fsp3) is 0.514. The number of nitrogens with one attached hydrogen (secondary N) is 1. The van der Waals surface area contributed by atoms with Crippen LogP contribution in [0.5, 0.6) is 11.5 Å². The molecule has 0 radical (unpaired) electrons. The van der Waals surface area contributed by atoms with Crippen molar-refractivity contribution in [2.75, 3.05) is 6.61 Å². The lowest BCUT2D eigenvalue weighted by molar-refractivity contribution is -0.149. The molecular weight excluding hydrogens is 648 g/mol. The number of carbonyl (C=O) groups excluding carboxylic acids is 1. The standard InChI is InChI=1S/C35H42ClF2N3O5S/c1-2-3-16-45-32-19-24(10-15-31(32)36)35(37,38)33(34(42)41-26-11-12-27(41)21-25(39)20-26)40-47(43,44)30-14-9-22-17-29(13-8-23(22)18-30)46-28-6-4-5-7-28/h8-10,13-15,17-19,25-28,33,40H,2-7,11-12,16,20-21,39H2,1H3/t25?,26?,27?,33-/m1/s1. The van der Waals surface area contributed by atoms with Gasteiger partial charge in [0.15, 0.2) is 6.04 Å². The van der Waals surface area contributed by atoms with E-state index in [1.807, 2.05) is 13.0 Å². The minimum absolute atomic E-state index is 0.0428. The average molecular weight is 690 g/mol. The SMILES string of the molecule is CCCCOc1cc(C(F)(F)[C@H](NS(=O)(=O)c2ccc3cc(OC4CCCC4)ccc3c2)C(=O)N2C3CCC2CC(N)C3)ccc1Cl. The highest BCUT2D eigenvalue weighted by Crippen LogP contribution is 2.41. The van der Waals surface area contributed by atoms with Crippen molar-refractivity contribution in [2.45, 2.75) is 112 Å². The van der Waals surface area contributed by atoms with E-state index >= 15 is 8.78 Å². The molecule has 3 fully saturated rings. The predicted molar refractivity (Wildman–Crippen MR) is 178 cm³/mol. The molecule has 1 saturated carbocycles. The molecular formula is C35H42ClF2N3O5S. The molecule has 0 aromatic heterocycles. The molecule has 2 unspecified atom stereocenters. The van der Waals surface area contributed by atoms with Gasteiger partial charge in [-0.15, -0.1) is 0 Å². The van der Waals surface area contributed by atoms with Crippen LogP contribution in [0.15, 0.2) is 59.5 Å². The summed E-state index contributed by atoms with van der Waals surface area (Å²) in [4.78, 5) is 15.4. The number of hydrogen-bond donors (Lipinski definition) is 2. The Labute approximate surface area is 280 Å². The summed E-state index contributed by atoms with van der Waals surface area (Å²) in [5.41, 5.74) is 5.61. The predicted octanol–water partition coefficient (Wildman–Crippen LogP) is 6.91. The maximum absolute atomic E-state index is 16.7. The van der Waals surface area contributed by atoms with Crippen LogP contribution in [0.3, 0.4) is 0 Å². The van der Waals surface area contributed by atoms with Gasteiger partial charge in [-0.1, -0.05) is 43.1 Å². The van der Waals surface area contributed by atoms with E-state index in [4.69, 9.17) is 26.8 Å². The van der Waals surface area contributed by atoms with Crippen LogP contribution < -0.4 is 19.9 Å². The first-order valence-corrected chi connectivity index (χ1v) is 18.4. The lowest BCUT2D eigenvalue weighted by Gasteiger charge is -2.41. The summed E-state index contributed by atoms with van der Waals surface area (Å²) in [7, 11) is -4.61. The lowest BCUT2D eigenvalue weighted by Crippen LogP contribution is -2.60. The van der Waals surface area contributed by atoms with Crippen LogP contribution >= 0.6 is 11.6 Å². The number of fused-ring (bicyclic) bond motifs is 3. The number of amides is 1. The Morgan fingerprint density at radius 2 is 1.70 bits per heavy atom. The van der Waals surface area contributed by atoms with E-state index in [2.05, 4.69) is 4.72 Å². The Bertz CT molecular complexity index is 1700. The fourth-order valence-corrected chi connectivity index (χ4v) is 8.58. The number of carbonyl (C=O) groups is 1. The maximum atomic E-state index is 16.7. The summed E-state index contributed by atoms with van der Waals surface area (Å²) in [6, 6.07) is 10.00. The van der Waals surface area contributed by atoms with Gasteiger partial charge in [0.2, 0.25) is 15.9 Å². The molecule has 47 heavy (non-hydrogen) atoms. The number of benzene rings is 3. The largest absolute Gasteiger partial charge is 0.492 e. The first-order valence-electron chi connectivity index (χ1n) is 16.6. The van der Waals surface area contributed by atoms with Gasteiger partial charge in [-0.25, -0.2) is 8.42 Å². The highest BCUT2D eigenvalue weighted by atomic mass is 35.5. The second-order valence-corrected chi connectivity index (χ2v) is 15.2. The number of halogens is 3. The molecule has 3 aromatic carbocycles. The molecule has 2 saturated heterocycles. The van der Waals surface area contributed by atoms with E-state index in [9.17, 15) is 13.2 Å². The van der Waals surface area contributed by atoms with Gasteiger partial charge in [0.05, 0.1) is 22.6 Å². The Kier molecular flexibility index (Phi) is 9.99. The number of unbranched alkanes of at least 4 members (excludes halogenated alkanes) is 1. The zero-order chi connectivity index (χ0) is 33.3. The Hall–Kier alpha value is -2.99. The van der Waals surface area contributed by atoms with Crippen molar-refractivity contribution in [1.82, 2.24) is 9.62 Å². The lowest BCUT2D eigenvalue weighted by atomic mass is 9.94. The molecule has 0 spiro atoms. The summed E-state index contributed by atoms with van der Waals surface area (Å²) in [5.74, 6) is -4.20. The summed E-state index contributed by atoms with van der Waals surface area (Å²) in [5, 5.41) is 1.48. The topological polar surface area (TPSA) is 111 Å². The molecule has 3 N–H and O–H groups in total. The van der Waals surface area contributed by atoms with Crippen LogP contribution in [-0.4, -0.2) is 56.1 Å². The third-order valence-corrected chi connectivity index (χ3v) is 11.4. The average Bonchev–Trinajstić information content (AvgIpc) is 3.65. The van der Waals surface area contributed by atoms with E-state index in [-0.39, 0.29) is 46.5 Å². The van der Waals surface area contributed by atoms with E-state index < -0.39 is 33.5 Å². The first-order chi connectivity index (χ1) is 22.5. The van der Waals surface area contributed by atoms with Crippen LogP contribution in [0.1, 0.15) is 76.7 Å². The van der Waals surface area contributed by atoms with E-state index in [0.29, 0.717) is 43.2 Å². The molecule has 254 valence electrons. The number of piperidine rings is 1. The van der Waals surface area contributed by atoms with Crippen LogP contribution in [0.2, 0.25) is 5.02 Å². The summed E-state index contributed by atoms with van der Waals surface area (Å²) >= 11 is 6.26. The summed E-state index contributed by atoms with van der Waals surface area (Å²) in [6.45, 7) is 2.24. The molecule has 2 heterocycles. The van der Waals surface area contributed by atoms with Gasteiger partial charge >= 0.3 is 0 Å². The molecule has 2 bridgehead atoms. The maximum Gasteiger partial charge on any atom is 0.298 e. The van der Waals surface area contributed by atoms with Gasteiger partial charge in [-0.2, -0.15) is 13.5 Å². The van der Waals surface area contributed by atoms with Crippen molar-refractivity contribution in [3.8, 4) is 11.5 Å². The normalized spacial score (nSPS) is 22.5. The molecule has 3 aromatic rings. The molecule has 3 aliphatic rings. The number of rotatable bonds is 12. The van der Waals surface area contributed by atoms with Crippen LogP contribution in [0.25, 0.3) is 10.8 Å². The van der Waals surface area contributed by atoms with Gasteiger partial charge in [-0.05, 0) is 105 Å². The number of sulfonamides is 1. The van der Waals surface area contributed by atoms with Crippen LogP contribution in [0, 0.1) is 0 Å². The minimum atomic E-state index is -4.61. The van der Waals surface area contributed by atoms with E-state index in [1.54, 1.807) is 18.2 Å². The van der Waals surface area contributed by atoms with Crippen LogP contribution in [-0.2, 0) is 20.7 Å². The first kappa shape index (κ1) is 33.9. The van der Waals surface area contributed by atoms with Crippen molar-refractivity contribution < 1.29 is 31.5 Å². The zero-order valence-electron chi connectivity index (χ0n) is 26.5. The second kappa shape index (κ2) is 13.9. The Morgan fingerprint density at radius 3 is 2.40 bits per heavy atom. The van der Waals surface area contributed by atoms with E-state index in [1.165, 1.54) is 23.1 Å². The van der Waals surface area contributed by atoms with Gasteiger partial charge in [-0.3, -0.25) is 4.79 Å². The molecule has 12 heteroatoms. The fourth-order valence-electron chi connectivity index (χ4n) is 7.19. The van der Waals surface area contributed by atoms with Crippen molar-refractivity contribution in [1.29, 1.82) is 0 Å². The third-order valence-electron chi connectivity index (χ3n) is 9.68. The molecule has 1 aliphatic carbocycles. The van der Waals surface area contributed by atoms with Crippen molar-refractivity contribution in [2.24, 2.45) is 5.73 Å². The molecule has 3 atom stereocenters. The number of nitrogens with two attached hydrogens (primary N) is 1. The smallest absolute Gasteiger partial charge is 0.298 e. The Balaban J connectivity index is 1.32. The van der Waals surface area contributed by atoms with Crippen molar-refractivity contribution in [3.63, 3.8) is 0 Å². The summed E-state index contributed by atoms with van der Waals surface area (Å²) in [6.07, 6.45) is 8.16. The highest BCUT2D eigenvalue weighted by molar-refractivity contribution is 7.89. The van der Waals surface area contributed by atoms with Crippen molar-refractivity contribution >= 4 is 38.3 Å². The third kappa shape index (κ3) is 7.23. The number of nitrogens with zero attached hydrogens (tertiary/aromatic N) is 1. The molecule has 2 aliphatic heterocycles. The van der Waals surface area contributed by atoms with Crippen molar-refractivity contribution in [3.05, 3.63) is 65.2 Å². The van der Waals surface area contributed by atoms with Gasteiger partial charge in [0.1, 0.15) is 11.5 Å². The molecule has 8 nitrogen and oxygen atoms in total. The quantitative estimate of drug-likeness (QED) is 0.200. The summed E-state index contributed by atoms with van der Waals surface area (Å²) < 4.78 is 75.0. The van der Waals surface area contributed by atoms with Gasteiger partial charge in [0.25, 0.3) is 5.92 Å². The van der Waals surface area contributed by atoms with Gasteiger partial charge < -0.3 is 20.1 Å². The molecule has 6 rings (SSSR count). The monoisotopic (exact) mass is 689 g/mol. The number of ether oxygens (including phenoxy) is 2. The molecule has 1 amide bonds. The highest BCUT2D eigenvalue weighted by Gasteiger charge is 2.54. The number of alkyl halides is 2. The van der Waals surface area contributed by atoms with E-state index in [0.717, 1.165) is 49.6 Å². The second-order valence-electron chi connectivity index (χ2n) is 13.1. The Morgan fingerprint density at radius 1 is 1.02 bits per heavy atom. The minimum Gasteiger partial charge on any atom is -0.492 e. The van der Waals surface area contributed by atoms with Gasteiger partial charge in [0, 0.05) is 23.7 Å². The van der Waals surface area contributed by atoms with Crippen LogP contribution in [0.4, 0.5) is 8.78 Å². The zero-order valence-corrected chi connectivity index (χ0v) is 28.0. The number of hydrogen-bond acceptors (Lipinski definition) is 6.